The number of hydrogen-bond donors (Lipinski definition) is 2. The number of amides is 2. The molecule has 0 aliphatic rings. The van der Waals surface area contributed by atoms with Gasteiger partial charge in [-0.3, -0.25) is 9.59 Å². The lowest BCUT2D eigenvalue weighted by Gasteiger charge is -2.11. The molecule has 0 aromatic heterocycles. The number of benzene rings is 2. The maximum absolute atomic E-state index is 12.1. The molecule has 2 aromatic rings. The number of hydrogen-bond acceptors (Lipinski definition) is 4. The van der Waals surface area contributed by atoms with E-state index in [-0.39, 0.29) is 11.8 Å². The molecule has 0 spiro atoms. The quantitative estimate of drug-likeness (QED) is 0.638. The van der Waals surface area contributed by atoms with Crippen molar-refractivity contribution in [3.63, 3.8) is 0 Å². The second kappa shape index (κ2) is 8.62. The summed E-state index contributed by atoms with van der Waals surface area (Å²) in [5.74, 6) is -0.884. The highest BCUT2D eigenvalue weighted by molar-refractivity contribution is 6.03. The van der Waals surface area contributed by atoms with E-state index in [1.807, 2.05) is 6.92 Å². The van der Waals surface area contributed by atoms with Crippen molar-refractivity contribution in [2.45, 2.75) is 13.8 Å². The summed E-state index contributed by atoms with van der Waals surface area (Å²) < 4.78 is 4.64. The van der Waals surface area contributed by atoms with Crippen LogP contribution in [0, 0.1) is 6.92 Å². The summed E-state index contributed by atoms with van der Waals surface area (Å²) in [7, 11) is 1.32. The van der Waals surface area contributed by atoms with Crippen LogP contribution in [0.1, 0.15) is 28.4 Å². The summed E-state index contributed by atoms with van der Waals surface area (Å²) in [6.07, 6.45) is 3.04. The van der Waals surface area contributed by atoms with Gasteiger partial charge in [-0.05, 0) is 48.4 Å². The standard InChI is InChI=1S/C20H20N2O4/c1-13-17(21-14(2)23)5-4-6-18(13)22-19(24)12-9-15-7-10-16(11-8-15)20(25)26-3/h4-12H,1-3H3,(H,21,23)(H,22,24)/b12-9+. The van der Waals surface area contributed by atoms with Gasteiger partial charge in [0.2, 0.25) is 11.8 Å². The Bertz CT molecular complexity index is 855. The van der Waals surface area contributed by atoms with E-state index in [2.05, 4.69) is 15.4 Å². The molecule has 0 atom stereocenters. The first-order valence-corrected chi connectivity index (χ1v) is 7.95. The fraction of sp³-hybridized carbons (Fsp3) is 0.150. The van der Waals surface area contributed by atoms with Crippen LogP contribution in [0.25, 0.3) is 6.08 Å². The van der Waals surface area contributed by atoms with E-state index in [9.17, 15) is 14.4 Å². The number of nitrogens with one attached hydrogen (secondary N) is 2. The van der Waals surface area contributed by atoms with E-state index in [0.717, 1.165) is 11.1 Å². The van der Waals surface area contributed by atoms with Gasteiger partial charge in [-0.2, -0.15) is 0 Å². The van der Waals surface area contributed by atoms with Crippen molar-refractivity contribution < 1.29 is 19.1 Å². The third-order valence-electron chi connectivity index (χ3n) is 3.66. The normalized spacial score (nSPS) is 10.4. The van der Waals surface area contributed by atoms with Crippen molar-refractivity contribution >= 4 is 35.2 Å². The lowest BCUT2D eigenvalue weighted by atomic mass is 10.1. The first kappa shape index (κ1) is 18.9. The van der Waals surface area contributed by atoms with E-state index in [1.54, 1.807) is 48.5 Å². The topological polar surface area (TPSA) is 84.5 Å². The van der Waals surface area contributed by atoms with E-state index in [0.29, 0.717) is 16.9 Å². The van der Waals surface area contributed by atoms with Crippen molar-refractivity contribution in [2.75, 3.05) is 17.7 Å². The Morgan fingerprint density at radius 3 is 2.15 bits per heavy atom. The Labute approximate surface area is 151 Å². The summed E-state index contributed by atoms with van der Waals surface area (Å²) >= 11 is 0. The van der Waals surface area contributed by atoms with Gasteiger partial charge in [0, 0.05) is 24.4 Å². The van der Waals surface area contributed by atoms with Gasteiger partial charge in [-0.15, -0.1) is 0 Å². The summed E-state index contributed by atoms with van der Waals surface area (Å²) in [6, 6.07) is 12.0. The number of carbonyl (C=O) groups is 3. The highest BCUT2D eigenvalue weighted by Gasteiger charge is 2.07. The monoisotopic (exact) mass is 352 g/mol. The van der Waals surface area contributed by atoms with Crippen LogP contribution in [0.4, 0.5) is 11.4 Å². The second-order valence-electron chi connectivity index (χ2n) is 5.60. The highest BCUT2D eigenvalue weighted by atomic mass is 16.5. The number of rotatable bonds is 5. The van der Waals surface area contributed by atoms with Crippen LogP contribution >= 0.6 is 0 Å². The zero-order valence-corrected chi connectivity index (χ0v) is 14.8. The minimum absolute atomic E-state index is 0.174. The highest BCUT2D eigenvalue weighted by Crippen LogP contribution is 2.23. The molecule has 2 aromatic carbocycles. The zero-order chi connectivity index (χ0) is 19.1. The van der Waals surface area contributed by atoms with E-state index in [4.69, 9.17) is 0 Å². The van der Waals surface area contributed by atoms with Crippen molar-refractivity contribution in [3.05, 3.63) is 65.2 Å². The van der Waals surface area contributed by atoms with Gasteiger partial charge >= 0.3 is 5.97 Å². The van der Waals surface area contributed by atoms with Crippen LogP contribution < -0.4 is 10.6 Å². The molecule has 6 nitrogen and oxygen atoms in total. The van der Waals surface area contributed by atoms with Crippen LogP contribution in [-0.2, 0) is 14.3 Å². The van der Waals surface area contributed by atoms with Crippen LogP contribution in [0.2, 0.25) is 0 Å². The minimum Gasteiger partial charge on any atom is -0.465 e. The summed E-state index contributed by atoms with van der Waals surface area (Å²) in [6.45, 7) is 3.25. The van der Waals surface area contributed by atoms with Gasteiger partial charge < -0.3 is 15.4 Å². The molecule has 26 heavy (non-hydrogen) atoms. The number of ether oxygens (including phenoxy) is 1. The van der Waals surface area contributed by atoms with Crippen LogP contribution in [0.5, 0.6) is 0 Å². The average molecular weight is 352 g/mol. The summed E-state index contributed by atoms with van der Waals surface area (Å²) in [4.78, 5) is 34.7. The number of esters is 1. The molecular weight excluding hydrogens is 332 g/mol. The largest absolute Gasteiger partial charge is 0.465 e. The van der Waals surface area contributed by atoms with Gasteiger partial charge in [0.05, 0.1) is 12.7 Å². The van der Waals surface area contributed by atoms with E-state index < -0.39 is 5.97 Å². The minimum atomic E-state index is -0.409. The number of methoxy groups -OCH3 is 1. The van der Waals surface area contributed by atoms with Crippen molar-refractivity contribution in [3.8, 4) is 0 Å². The molecule has 6 heteroatoms. The molecule has 0 saturated carbocycles. The molecule has 0 bridgehead atoms. The van der Waals surface area contributed by atoms with Crippen molar-refractivity contribution in [1.82, 2.24) is 0 Å². The van der Waals surface area contributed by atoms with Crippen molar-refractivity contribution in [2.24, 2.45) is 0 Å². The Hall–Kier alpha value is -3.41. The number of anilines is 2. The molecule has 0 heterocycles. The molecular formula is C20H20N2O4. The predicted octanol–water partition coefficient (Wildman–Crippen LogP) is 3.39. The Morgan fingerprint density at radius 2 is 1.58 bits per heavy atom. The summed E-state index contributed by atoms with van der Waals surface area (Å²) in [5.41, 5.74) is 3.26. The van der Waals surface area contributed by atoms with Crippen LogP contribution in [0.15, 0.2) is 48.5 Å². The van der Waals surface area contributed by atoms with Crippen LogP contribution in [-0.4, -0.2) is 24.9 Å². The fourth-order valence-electron chi connectivity index (χ4n) is 2.29. The SMILES string of the molecule is COC(=O)c1ccc(/C=C/C(=O)Nc2cccc(NC(C)=O)c2C)cc1. The van der Waals surface area contributed by atoms with Gasteiger partial charge in [0.25, 0.3) is 0 Å². The number of carbonyl (C=O) groups excluding carboxylic acids is 3. The molecule has 0 radical (unpaired) electrons. The van der Waals surface area contributed by atoms with Crippen LogP contribution in [0.3, 0.4) is 0 Å². The predicted molar refractivity (Wildman–Crippen MR) is 101 cm³/mol. The van der Waals surface area contributed by atoms with Gasteiger partial charge in [-0.1, -0.05) is 18.2 Å². The van der Waals surface area contributed by atoms with E-state index in [1.165, 1.54) is 20.1 Å². The van der Waals surface area contributed by atoms with E-state index >= 15 is 0 Å². The Kier molecular flexibility index (Phi) is 6.27. The molecule has 0 fully saturated rings. The fourth-order valence-corrected chi connectivity index (χ4v) is 2.29. The second-order valence-corrected chi connectivity index (χ2v) is 5.60. The third kappa shape index (κ3) is 5.04. The third-order valence-corrected chi connectivity index (χ3v) is 3.66. The first-order valence-electron chi connectivity index (χ1n) is 7.95. The van der Waals surface area contributed by atoms with Gasteiger partial charge in [-0.25, -0.2) is 4.79 Å². The maximum atomic E-state index is 12.1. The first-order chi connectivity index (χ1) is 12.4. The van der Waals surface area contributed by atoms with Crippen molar-refractivity contribution in [1.29, 1.82) is 0 Å². The molecule has 2 rings (SSSR count). The molecule has 0 aliphatic heterocycles. The molecule has 2 amide bonds. The lowest BCUT2D eigenvalue weighted by molar-refractivity contribution is -0.114. The Morgan fingerprint density at radius 1 is 0.962 bits per heavy atom. The lowest BCUT2D eigenvalue weighted by Crippen LogP contribution is -2.12. The molecule has 0 unspecified atom stereocenters. The summed E-state index contributed by atoms with van der Waals surface area (Å²) in [5, 5.41) is 5.50. The average Bonchev–Trinajstić information content (AvgIpc) is 2.62. The maximum Gasteiger partial charge on any atom is 0.337 e. The molecule has 2 N–H and O–H groups in total. The molecule has 0 aliphatic carbocycles. The molecule has 134 valence electrons. The zero-order valence-electron chi connectivity index (χ0n) is 14.8. The van der Waals surface area contributed by atoms with Gasteiger partial charge in [0.15, 0.2) is 0 Å². The smallest absolute Gasteiger partial charge is 0.337 e. The Balaban J connectivity index is 2.05. The molecule has 0 saturated heterocycles. The van der Waals surface area contributed by atoms with Gasteiger partial charge in [0.1, 0.15) is 0 Å².